The molecule has 0 atom stereocenters. The molecule has 1 aromatic heterocycles. The van der Waals surface area contributed by atoms with Crippen molar-refractivity contribution in [3.8, 4) is 5.69 Å². The maximum Gasteiger partial charge on any atom is 0.0645 e. The number of hydrogen-bond donors (Lipinski definition) is 1. The number of anilines is 1. The third-order valence-corrected chi connectivity index (χ3v) is 4.43. The van der Waals surface area contributed by atoms with Crippen molar-refractivity contribution in [2.24, 2.45) is 0 Å². The van der Waals surface area contributed by atoms with E-state index in [1.807, 2.05) is 16.9 Å². The minimum Gasteiger partial charge on any atom is -0.380 e. The minimum absolute atomic E-state index is 0.793. The van der Waals surface area contributed by atoms with Gasteiger partial charge in [0.1, 0.15) is 0 Å². The van der Waals surface area contributed by atoms with Crippen LogP contribution in [0.1, 0.15) is 11.1 Å². The third-order valence-electron chi connectivity index (χ3n) is 3.38. The van der Waals surface area contributed by atoms with Crippen LogP contribution in [0.2, 0.25) is 0 Å². The van der Waals surface area contributed by atoms with Gasteiger partial charge in [0.15, 0.2) is 0 Å². The minimum atomic E-state index is 0.793. The zero-order valence-electron chi connectivity index (χ0n) is 11.8. The molecule has 0 fully saturated rings. The van der Waals surface area contributed by atoms with Gasteiger partial charge in [0.05, 0.1) is 5.69 Å². The van der Waals surface area contributed by atoms with E-state index in [4.69, 9.17) is 0 Å². The van der Waals surface area contributed by atoms with Crippen LogP contribution >= 0.6 is 15.9 Å². The van der Waals surface area contributed by atoms with Crippen molar-refractivity contribution in [3.05, 3.63) is 76.5 Å². The van der Waals surface area contributed by atoms with E-state index in [2.05, 4.69) is 75.7 Å². The highest BCUT2D eigenvalue weighted by atomic mass is 79.9. The van der Waals surface area contributed by atoms with Crippen molar-refractivity contribution in [1.29, 1.82) is 0 Å². The van der Waals surface area contributed by atoms with Crippen molar-refractivity contribution < 1.29 is 0 Å². The summed E-state index contributed by atoms with van der Waals surface area (Å²) >= 11 is 3.62. The Balaban J connectivity index is 1.70. The molecule has 106 valence electrons. The first kappa shape index (κ1) is 13.9. The Morgan fingerprint density at radius 2 is 1.90 bits per heavy atom. The molecule has 3 nitrogen and oxygen atoms in total. The molecule has 0 saturated carbocycles. The van der Waals surface area contributed by atoms with Crippen molar-refractivity contribution >= 4 is 21.6 Å². The number of halogens is 1. The summed E-state index contributed by atoms with van der Waals surface area (Å²) in [4.78, 5) is 0. The van der Waals surface area contributed by atoms with Crippen molar-refractivity contribution in [2.45, 2.75) is 13.5 Å². The van der Waals surface area contributed by atoms with Crippen LogP contribution in [0.4, 0.5) is 5.69 Å². The van der Waals surface area contributed by atoms with E-state index in [1.165, 1.54) is 11.1 Å². The number of hydrogen-bond acceptors (Lipinski definition) is 2. The Kier molecular flexibility index (Phi) is 4.06. The van der Waals surface area contributed by atoms with Gasteiger partial charge in [-0.3, -0.25) is 0 Å². The predicted octanol–water partition coefficient (Wildman–Crippen LogP) is 4.56. The highest BCUT2D eigenvalue weighted by Gasteiger charge is 2.02. The van der Waals surface area contributed by atoms with Crippen LogP contribution in [0.15, 0.2) is 65.4 Å². The van der Waals surface area contributed by atoms with Crippen LogP contribution in [-0.2, 0) is 6.54 Å². The average Bonchev–Trinajstić information content (AvgIpc) is 3.04. The highest BCUT2D eigenvalue weighted by Crippen LogP contribution is 2.26. The second kappa shape index (κ2) is 6.14. The first-order valence-corrected chi connectivity index (χ1v) is 7.61. The molecule has 0 aliphatic rings. The Morgan fingerprint density at radius 1 is 1.10 bits per heavy atom. The van der Waals surface area contributed by atoms with Crippen molar-refractivity contribution in [1.82, 2.24) is 9.78 Å². The maximum atomic E-state index is 4.23. The zero-order chi connectivity index (χ0) is 14.7. The zero-order valence-corrected chi connectivity index (χ0v) is 13.3. The first-order chi connectivity index (χ1) is 10.2. The second-order valence-electron chi connectivity index (χ2n) is 4.91. The lowest BCUT2D eigenvalue weighted by atomic mass is 10.2. The summed E-state index contributed by atoms with van der Waals surface area (Å²) in [5.74, 6) is 0. The number of aromatic nitrogens is 2. The summed E-state index contributed by atoms with van der Waals surface area (Å²) in [5, 5.41) is 7.68. The molecule has 0 radical (unpaired) electrons. The lowest BCUT2D eigenvalue weighted by Gasteiger charge is -2.11. The standard InChI is InChI=1S/C17H16BrN3/c1-13-4-2-5-16(17(13)18)19-12-14-6-8-15(9-7-14)21-11-3-10-20-21/h2-11,19H,12H2,1H3. The van der Waals surface area contributed by atoms with Gasteiger partial charge in [-0.2, -0.15) is 5.10 Å². The van der Waals surface area contributed by atoms with E-state index in [-0.39, 0.29) is 0 Å². The van der Waals surface area contributed by atoms with E-state index in [0.717, 1.165) is 22.4 Å². The molecule has 0 bridgehead atoms. The molecule has 3 rings (SSSR count). The Morgan fingerprint density at radius 3 is 2.62 bits per heavy atom. The summed E-state index contributed by atoms with van der Waals surface area (Å²) in [6, 6.07) is 16.5. The number of aryl methyl sites for hydroxylation is 1. The largest absolute Gasteiger partial charge is 0.380 e. The van der Waals surface area contributed by atoms with E-state index in [1.54, 1.807) is 6.20 Å². The van der Waals surface area contributed by atoms with Gasteiger partial charge in [-0.1, -0.05) is 24.3 Å². The molecule has 1 heterocycles. The van der Waals surface area contributed by atoms with Gasteiger partial charge in [0, 0.05) is 29.1 Å². The lowest BCUT2D eigenvalue weighted by molar-refractivity contribution is 0.879. The van der Waals surface area contributed by atoms with Crippen LogP contribution in [0.3, 0.4) is 0 Å². The lowest BCUT2D eigenvalue weighted by Crippen LogP contribution is -2.01. The maximum absolute atomic E-state index is 4.23. The van der Waals surface area contributed by atoms with Crippen molar-refractivity contribution in [2.75, 3.05) is 5.32 Å². The van der Waals surface area contributed by atoms with Crippen LogP contribution in [0.5, 0.6) is 0 Å². The smallest absolute Gasteiger partial charge is 0.0645 e. The van der Waals surface area contributed by atoms with E-state index in [0.29, 0.717) is 0 Å². The summed E-state index contributed by atoms with van der Waals surface area (Å²) in [6.45, 7) is 2.88. The molecule has 0 aliphatic carbocycles. The Hall–Kier alpha value is -2.07. The Bertz CT molecular complexity index is 718. The molecule has 0 spiro atoms. The predicted molar refractivity (Wildman–Crippen MR) is 89.8 cm³/mol. The van der Waals surface area contributed by atoms with Crippen molar-refractivity contribution in [3.63, 3.8) is 0 Å². The van der Waals surface area contributed by atoms with Gasteiger partial charge in [0.2, 0.25) is 0 Å². The van der Waals surface area contributed by atoms with Crippen LogP contribution in [-0.4, -0.2) is 9.78 Å². The molecule has 0 aliphatic heterocycles. The molecular weight excluding hydrogens is 326 g/mol. The highest BCUT2D eigenvalue weighted by molar-refractivity contribution is 9.10. The number of nitrogens with zero attached hydrogens (tertiary/aromatic N) is 2. The topological polar surface area (TPSA) is 29.9 Å². The fourth-order valence-electron chi connectivity index (χ4n) is 2.17. The molecule has 2 aromatic carbocycles. The Labute approximate surface area is 132 Å². The fraction of sp³-hybridized carbons (Fsp3) is 0.118. The van der Waals surface area contributed by atoms with Crippen LogP contribution in [0, 0.1) is 6.92 Å². The molecule has 0 amide bonds. The first-order valence-electron chi connectivity index (χ1n) is 6.82. The van der Waals surface area contributed by atoms with E-state index < -0.39 is 0 Å². The van der Waals surface area contributed by atoms with Gasteiger partial charge in [-0.15, -0.1) is 0 Å². The summed E-state index contributed by atoms with van der Waals surface area (Å²) in [6.07, 6.45) is 3.72. The molecule has 1 N–H and O–H groups in total. The SMILES string of the molecule is Cc1cccc(NCc2ccc(-n3cccn3)cc2)c1Br. The number of nitrogens with one attached hydrogen (secondary N) is 1. The monoisotopic (exact) mass is 341 g/mol. The van der Waals surface area contributed by atoms with Crippen LogP contribution in [0.25, 0.3) is 5.69 Å². The van der Waals surface area contributed by atoms with Gasteiger partial charge in [-0.25, -0.2) is 4.68 Å². The van der Waals surface area contributed by atoms with Gasteiger partial charge in [-0.05, 0) is 58.2 Å². The molecular formula is C17H16BrN3. The fourth-order valence-corrected chi connectivity index (χ4v) is 2.57. The van der Waals surface area contributed by atoms with Gasteiger partial charge in [0.25, 0.3) is 0 Å². The van der Waals surface area contributed by atoms with E-state index >= 15 is 0 Å². The number of benzene rings is 2. The molecule has 4 heteroatoms. The summed E-state index contributed by atoms with van der Waals surface area (Å²) in [5.41, 5.74) is 4.65. The molecule has 3 aromatic rings. The summed E-state index contributed by atoms with van der Waals surface area (Å²) < 4.78 is 2.98. The average molecular weight is 342 g/mol. The molecule has 0 unspecified atom stereocenters. The van der Waals surface area contributed by atoms with Crippen LogP contribution < -0.4 is 5.32 Å². The van der Waals surface area contributed by atoms with E-state index in [9.17, 15) is 0 Å². The van der Waals surface area contributed by atoms with Gasteiger partial charge < -0.3 is 5.32 Å². The third kappa shape index (κ3) is 3.16. The number of rotatable bonds is 4. The normalized spacial score (nSPS) is 10.6. The molecule has 0 saturated heterocycles. The van der Waals surface area contributed by atoms with Gasteiger partial charge >= 0.3 is 0 Å². The second-order valence-corrected chi connectivity index (χ2v) is 5.70. The summed E-state index contributed by atoms with van der Waals surface area (Å²) in [7, 11) is 0. The quantitative estimate of drug-likeness (QED) is 0.754. The molecule has 21 heavy (non-hydrogen) atoms.